The first-order valence-corrected chi connectivity index (χ1v) is 20.7. The maximum atomic E-state index is 12.7. The third kappa shape index (κ3) is 21.3. The lowest BCUT2D eigenvalue weighted by Gasteiger charge is -2.24. The number of carbonyl (C=O) groups excluding carboxylic acids is 2. The number of quaternary nitrogens is 1. The van der Waals surface area contributed by atoms with Crippen LogP contribution in [0.1, 0.15) is 122 Å². The Labute approximate surface area is 313 Å². The second-order valence-corrected chi connectivity index (χ2v) is 15.9. The van der Waals surface area contributed by atoms with Crippen molar-refractivity contribution in [1.29, 1.82) is 0 Å². The number of nitrogens with one attached hydrogen (secondary N) is 1. The molecular formula is C36H63N5O11P+. The predicted octanol–water partition coefficient (Wildman–Crippen LogP) is 7.88. The average molecular weight is 773 g/mol. The number of nitrogens with zero attached hydrogens (tertiary/aromatic N) is 4. The van der Waals surface area contributed by atoms with Crippen molar-refractivity contribution in [2.75, 3.05) is 59.4 Å². The summed E-state index contributed by atoms with van der Waals surface area (Å²) in [6, 6.07) is 2.87. The van der Waals surface area contributed by atoms with E-state index < -0.39 is 37.4 Å². The number of unbranched alkanes of at least 4 members (excludes halogenated alkanes) is 14. The number of non-ortho nitro benzene ring substituents is 1. The topological polar surface area (TPSA) is 202 Å². The van der Waals surface area contributed by atoms with Gasteiger partial charge in [0.1, 0.15) is 19.8 Å². The van der Waals surface area contributed by atoms with Crippen molar-refractivity contribution in [2.24, 2.45) is 0 Å². The number of benzene rings is 1. The smallest absolute Gasteiger partial charge is 0.462 e. The molecule has 0 saturated carbocycles. The number of esters is 2. The zero-order valence-corrected chi connectivity index (χ0v) is 33.2. The molecule has 1 aromatic carbocycles. The Morgan fingerprint density at radius 1 is 0.849 bits per heavy atom. The molecule has 0 radical (unpaired) electrons. The quantitative estimate of drug-likeness (QED) is 0.0181. The number of nitro groups is 1. The first-order valence-electron chi connectivity index (χ1n) is 19.2. The standard InChI is InChI=1S/C36H62N5O11P/c1-5-6-7-8-9-10-11-12-13-14-15-16-18-21-33(42)48-28-30(29-50-53(46,47)49-27-26-41(2,3)4)51-34(43)22-19-17-20-25-37-31-23-24-32(40(44)45)36-35(31)38-52-39-36/h23-24,30H,5-22,25-29H2,1-4H3,(H-,37,39,46,47)/p+1. The van der Waals surface area contributed by atoms with Gasteiger partial charge in [0.2, 0.25) is 5.52 Å². The van der Waals surface area contributed by atoms with Gasteiger partial charge in [-0.2, -0.15) is 0 Å². The summed E-state index contributed by atoms with van der Waals surface area (Å²) in [4.78, 5) is 46.0. The van der Waals surface area contributed by atoms with Crippen LogP contribution in [0.4, 0.5) is 11.4 Å². The fourth-order valence-corrected chi connectivity index (χ4v) is 6.23. The third-order valence-electron chi connectivity index (χ3n) is 8.62. The second-order valence-electron chi connectivity index (χ2n) is 14.5. The van der Waals surface area contributed by atoms with Gasteiger partial charge >= 0.3 is 25.4 Å². The summed E-state index contributed by atoms with van der Waals surface area (Å²) in [5, 5.41) is 21.7. The van der Waals surface area contributed by atoms with Gasteiger partial charge in [-0.1, -0.05) is 90.4 Å². The first kappa shape index (κ1) is 46.0. The molecule has 302 valence electrons. The molecular weight excluding hydrogens is 709 g/mol. The Balaban J connectivity index is 1.71. The number of anilines is 1. The number of hydrogen-bond donors (Lipinski definition) is 2. The van der Waals surface area contributed by atoms with E-state index in [-0.39, 0.29) is 42.8 Å². The van der Waals surface area contributed by atoms with E-state index in [9.17, 15) is 29.2 Å². The predicted molar refractivity (Wildman–Crippen MR) is 201 cm³/mol. The molecule has 0 aliphatic carbocycles. The molecule has 1 aromatic heterocycles. The van der Waals surface area contributed by atoms with E-state index in [0.29, 0.717) is 48.9 Å². The van der Waals surface area contributed by atoms with Crippen LogP contribution in [0.15, 0.2) is 16.8 Å². The van der Waals surface area contributed by atoms with Crippen LogP contribution in [0.25, 0.3) is 11.0 Å². The van der Waals surface area contributed by atoms with E-state index in [1.165, 1.54) is 69.9 Å². The number of hydrogen-bond acceptors (Lipinski definition) is 13. The van der Waals surface area contributed by atoms with Crippen LogP contribution < -0.4 is 5.32 Å². The van der Waals surface area contributed by atoms with Gasteiger partial charge < -0.3 is 24.2 Å². The average Bonchev–Trinajstić information content (AvgIpc) is 3.59. The van der Waals surface area contributed by atoms with Crippen molar-refractivity contribution in [3.63, 3.8) is 0 Å². The van der Waals surface area contributed by atoms with Gasteiger partial charge in [0.25, 0.3) is 0 Å². The largest absolute Gasteiger partial charge is 0.472 e. The maximum Gasteiger partial charge on any atom is 0.472 e. The summed E-state index contributed by atoms with van der Waals surface area (Å²) in [5.74, 6) is -0.997. The lowest BCUT2D eigenvalue weighted by Crippen LogP contribution is -2.37. The highest BCUT2D eigenvalue weighted by Crippen LogP contribution is 2.43. The zero-order valence-electron chi connectivity index (χ0n) is 32.3. The number of phosphoric ester groups is 1. The zero-order chi connectivity index (χ0) is 39.0. The summed E-state index contributed by atoms with van der Waals surface area (Å²) in [6.07, 6.45) is 16.6. The monoisotopic (exact) mass is 772 g/mol. The summed E-state index contributed by atoms with van der Waals surface area (Å²) in [5.41, 5.74) is 0.653. The molecule has 16 nitrogen and oxygen atoms in total. The van der Waals surface area contributed by atoms with Crippen molar-refractivity contribution < 1.29 is 51.6 Å². The molecule has 2 unspecified atom stereocenters. The number of aromatic nitrogens is 2. The van der Waals surface area contributed by atoms with Gasteiger partial charge in [0, 0.05) is 25.5 Å². The molecule has 0 aliphatic rings. The van der Waals surface area contributed by atoms with Crippen molar-refractivity contribution in [3.05, 3.63) is 22.2 Å². The Morgan fingerprint density at radius 3 is 2.02 bits per heavy atom. The Kier molecular flexibility index (Phi) is 22.4. The van der Waals surface area contributed by atoms with Gasteiger partial charge in [0.15, 0.2) is 11.6 Å². The molecule has 0 saturated heterocycles. The fraction of sp³-hybridized carbons (Fsp3) is 0.778. The highest BCUT2D eigenvalue weighted by atomic mass is 31.2. The number of likely N-dealkylation sites (N-methyl/N-ethyl adjacent to an activating group) is 1. The minimum absolute atomic E-state index is 0.0186. The van der Waals surface area contributed by atoms with Crippen molar-refractivity contribution in [3.8, 4) is 0 Å². The fourth-order valence-electron chi connectivity index (χ4n) is 5.49. The van der Waals surface area contributed by atoms with Gasteiger partial charge in [-0.05, 0) is 35.6 Å². The molecule has 0 aliphatic heterocycles. The number of rotatable bonds is 32. The minimum Gasteiger partial charge on any atom is -0.462 e. The molecule has 0 bridgehead atoms. The van der Waals surface area contributed by atoms with Crippen LogP contribution in [0.5, 0.6) is 0 Å². The molecule has 2 atom stereocenters. The number of carbonyl (C=O) groups is 2. The number of phosphoric acid groups is 1. The summed E-state index contributed by atoms with van der Waals surface area (Å²) in [7, 11) is 1.30. The van der Waals surface area contributed by atoms with E-state index >= 15 is 0 Å². The summed E-state index contributed by atoms with van der Waals surface area (Å²) >= 11 is 0. The number of ether oxygens (including phenoxy) is 2. The molecule has 53 heavy (non-hydrogen) atoms. The van der Waals surface area contributed by atoms with Gasteiger partial charge in [-0.25, -0.2) is 9.19 Å². The van der Waals surface area contributed by atoms with E-state index in [1.54, 1.807) is 0 Å². The van der Waals surface area contributed by atoms with E-state index in [1.807, 2.05) is 21.1 Å². The number of nitro benzene ring substituents is 1. The highest BCUT2D eigenvalue weighted by molar-refractivity contribution is 7.47. The van der Waals surface area contributed by atoms with E-state index in [4.69, 9.17) is 18.5 Å². The maximum absolute atomic E-state index is 12.7. The third-order valence-corrected chi connectivity index (χ3v) is 9.60. The van der Waals surface area contributed by atoms with Crippen molar-refractivity contribution in [1.82, 2.24) is 10.3 Å². The van der Waals surface area contributed by atoms with E-state index in [0.717, 1.165) is 19.3 Å². The highest BCUT2D eigenvalue weighted by Gasteiger charge is 2.27. The van der Waals surface area contributed by atoms with E-state index in [2.05, 4.69) is 27.2 Å². The second kappa shape index (κ2) is 25.8. The van der Waals surface area contributed by atoms with Crippen molar-refractivity contribution in [2.45, 2.75) is 129 Å². The van der Waals surface area contributed by atoms with Crippen LogP contribution >= 0.6 is 7.82 Å². The van der Waals surface area contributed by atoms with Crippen LogP contribution in [0.3, 0.4) is 0 Å². The SMILES string of the molecule is CCCCCCCCCCCCCCCC(=O)OCC(COP(=O)(O)OCC[N+](C)(C)C)OC(=O)CCCCCNc1ccc([N+](=O)[O-])c2nonc12. The minimum atomic E-state index is -4.44. The molecule has 2 aromatic rings. The molecule has 2 rings (SSSR count). The van der Waals surface area contributed by atoms with Crippen LogP contribution in [-0.2, 0) is 32.7 Å². The lowest BCUT2D eigenvalue weighted by molar-refractivity contribution is -0.870. The Bertz CT molecular complexity index is 1400. The summed E-state index contributed by atoms with van der Waals surface area (Å²) in [6.45, 7) is 2.38. The summed E-state index contributed by atoms with van der Waals surface area (Å²) < 4.78 is 38.7. The van der Waals surface area contributed by atoms with Crippen LogP contribution in [-0.4, -0.2) is 96.7 Å². The first-order chi connectivity index (χ1) is 25.3. The molecule has 0 spiro atoms. The molecule has 0 amide bonds. The van der Waals surface area contributed by atoms with Crippen LogP contribution in [0.2, 0.25) is 0 Å². The molecule has 1 heterocycles. The molecule has 2 N–H and O–H groups in total. The Morgan fingerprint density at radius 2 is 1.42 bits per heavy atom. The number of fused-ring (bicyclic) bond motifs is 1. The van der Waals surface area contributed by atoms with Crippen molar-refractivity contribution >= 4 is 42.2 Å². The van der Waals surface area contributed by atoms with Gasteiger partial charge in [0.05, 0.1) is 38.4 Å². The lowest BCUT2D eigenvalue weighted by atomic mass is 10.0. The molecule has 17 heteroatoms. The van der Waals surface area contributed by atoms with Gasteiger partial charge in [-0.3, -0.25) is 28.8 Å². The van der Waals surface area contributed by atoms with Gasteiger partial charge in [-0.15, -0.1) is 0 Å². The Hall–Kier alpha value is -3.17. The van der Waals surface area contributed by atoms with Crippen LogP contribution in [0, 0.1) is 10.1 Å². The normalized spacial score (nSPS) is 13.5. The molecule has 0 fully saturated rings.